The molecule has 0 saturated heterocycles. The smallest absolute Gasteiger partial charge is 0.241 e. The van der Waals surface area contributed by atoms with E-state index in [4.69, 9.17) is 4.74 Å². The number of para-hydroxylation sites is 2. The lowest BCUT2D eigenvalue weighted by Crippen LogP contribution is -2.41. The highest BCUT2D eigenvalue weighted by molar-refractivity contribution is 7.92. The van der Waals surface area contributed by atoms with E-state index < -0.39 is 34.3 Å². The molecule has 140 valence electrons. The molecule has 0 aliphatic rings. The Balaban J connectivity index is 2.19. The fraction of sp³-hybridized carbons (Fsp3) is 0.278. The van der Waals surface area contributed by atoms with Crippen molar-refractivity contribution in [2.75, 3.05) is 24.2 Å². The number of benzene rings is 2. The molecular formula is C18H21FN2O4S. The summed E-state index contributed by atoms with van der Waals surface area (Å²) in [5.41, 5.74) is 0.579. The number of rotatable bonds is 7. The van der Waals surface area contributed by atoms with Gasteiger partial charge in [-0.15, -0.1) is 0 Å². The number of amides is 1. The van der Waals surface area contributed by atoms with Crippen LogP contribution >= 0.6 is 0 Å². The van der Waals surface area contributed by atoms with Crippen LogP contribution in [-0.4, -0.2) is 34.2 Å². The van der Waals surface area contributed by atoms with E-state index in [1.54, 1.807) is 25.1 Å². The molecule has 6 nitrogen and oxygen atoms in total. The van der Waals surface area contributed by atoms with Crippen LogP contribution in [0.15, 0.2) is 48.5 Å². The fourth-order valence-corrected chi connectivity index (χ4v) is 3.41. The Morgan fingerprint density at radius 3 is 2.42 bits per heavy atom. The lowest BCUT2D eigenvalue weighted by atomic mass is 10.1. The predicted molar refractivity (Wildman–Crippen MR) is 98.1 cm³/mol. The van der Waals surface area contributed by atoms with Crippen LogP contribution in [0, 0.1) is 5.82 Å². The zero-order valence-electron chi connectivity index (χ0n) is 14.8. The Bertz CT molecular complexity index is 886. The Kier molecular flexibility index (Phi) is 6.20. The summed E-state index contributed by atoms with van der Waals surface area (Å²) in [5.74, 6) is -0.671. The third-order valence-corrected chi connectivity index (χ3v) is 4.92. The summed E-state index contributed by atoms with van der Waals surface area (Å²) in [5, 5.41) is 2.72. The van der Waals surface area contributed by atoms with Gasteiger partial charge >= 0.3 is 0 Å². The molecule has 1 amide bonds. The zero-order chi connectivity index (χ0) is 19.3. The normalized spacial score (nSPS) is 12.3. The highest BCUT2D eigenvalue weighted by Crippen LogP contribution is 2.25. The molecule has 0 bridgehead atoms. The number of sulfonamides is 1. The minimum Gasteiger partial charge on any atom is -0.496 e. The molecule has 1 atom stereocenters. The summed E-state index contributed by atoms with van der Waals surface area (Å²) in [6, 6.07) is 12.2. The number of nitrogens with zero attached hydrogens (tertiary/aromatic N) is 1. The number of halogens is 1. The lowest BCUT2D eigenvalue weighted by molar-refractivity contribution is -0.120. The zero-order valence-corrected chi connectivity index (χ0v) is 15.6. The van der Waals surface area contributed by atoms with Crippen molar-refractivity contribution < 1.29 is 22.3 Å². The molecule has 0 heterocycles. The summed E-state index contributed by atoms with van der Waals surface area (Å²) < 4.78 is 44.1. The molecule has 1 N–H and O–H groups in total. The van der Waals surface area contributed by atoms with E-state index in [1.807, 2.05) is 6.07 Å². The Labute approximate surface area is 152 Å². The van der Waals surface area contributed by atoms with Gasteiger partial charge in [-0.3, -0.25) is 9.10 Å². The van der Waals surface area contributed by atoms with Gasteiger partial charge in [0, 0.05) is 5.56 Å². The quantitative estimate of drug-likeness (QED) is 0.801. The van der Waals surface area contributed by atoms with E-state index in [1.165, 1.54) is 25.3 Å². The molecule has 2 rings (SSSR count). The first-order valence-electron chi connectivity index (χ1n) is 7.88. The number of carbonyl (C=O) groups is 1. The topological polar surface area (TPSA) is 75.7 Å². The van der Waals surface area contributed by atoms with Crippen molar-refractivity contribution in [3.8, 4) is 5.75 Å². The minimum absolute atomic E-state index is 0.171. The number of anilines is 1. The van der Waals surface area contributed by atoms with Crippen molar-refractivity contribution in [1.82, 2.24) is 5.32 Å². The Morgan fingerprint density at radius 1 is 1.19 bits per heavy atom. The number of carbonyl (C=O) groups excluding carboxylic acids is 1. The first-order chi connectivity index (χ1) is 12.2. The molecule has 0 aliphatic heterocycles. The van der Waals surface area contributed by atoms with Crippen LogP contribution < -0.4 is 14.4 Å². The molecule has 0 aromatic heterocycles. The molecule has 26 heavy (non-hydrogen) atoms. The van der Waals surface area contributed by atoms with Crippen molar-refractivity contribution >= 4 is 21.6 Å². The van der Waals surface area contributed by atoms with E-state index in [0.29, 0.717) is 5.75 Å². The maximum absolute atomic E-state index is 14.0. The van der Waals surface area contributed by atoms with Crippen molar-refractivity contribution in [3.63, 3.8) is 0 Å². The second-order valence-electron chi connectivity index (χ2n) is 5.75. The molecule has 0 fully saturated rings. The number of nitrogens with one attached hydrogen (secondary N) is 1. The molecule has 2 aromatic rings. The average molecular weight is 380 g/mol. The second kappa shape index (κ2) is 8.18. The molecule has 0 radical (unpaired) electrons. The van der Waals surface area contributed by atoms with Crippen LogP contribution in [0.25, 0.3) is 0 Å². The molecule has 2 aromatic carbocycles. The Morgan fingerprint density at radius 2 is 1.81 bits per heavy atom. The van der Waals surface area contributed by atoms with E-state index in [-0.39, 0.29) is 5.69 Å². The molecular weight excluding hydrogens is 359 g/mol. The minimum atomic E-state index is -3.84. The van der Waals surface area contributed by atoms with E-state index >= 15 is 0 Å². The maximum atomic E-state index is 14.0. The highest BCUT2D eigenvalue weighted by Gasteiger charge is 2.24. The fourth-order valence-electron chi connectivity index (χ4n) is 2.55. The van der Waals surface area contributed by atoms with Gasteiger partial charge in [-0.2, -0.15) is 0 Å². The van der Waals surface area contributed by atoms with E-state index in [0.717, 1.165) is 22.2 Å². The third-order valence-electron chi connectivity index (χ3n) is 3.79. The molecule has 8 heteroatoms. The standard InChI is InChI=1S/C18H21FN2O4S/c1-13(14-8-4-7-11-17(14)25-2)20-18(22)12-21(26(3,23)24)16-10-6-5-9-15(16)19/h4-11,13H,12H2,1-3H3,(H,20,22). The van der Waals surface area contributed by atoms with Crippen LogP contribution in [0.5, 0.6) is 5.75 Å². The van der Waals surface area contributed by atoms with Gasteiger partial charge in [-0.05, 0) is 25.1 Å². The van der Waals surface area contributed by atoms with Gasteiger partial charge in [0.25, 0.3) is 0 Å². The van der Waals surface area contributed by atoms with Gasteiger partial charge in [-0.25, -0.2) is 12.8 Å². The van der Waals surface area contributed by atoms with Gasteiger partial charge in [0.2, 0.25) is 15.9 Å². The van der Waals surface area contributed by atoms with E-state index in [2.05, 4.69) is 5.32 Å². The highest BCUT2D eigenvalue weighted by atomic mass is 32.2. The Hall–Kier alpha value is -2.61. The lowest BCUT2D eigenvalue weighted by Gasteiger charge is -2.24. The van der Waals surface area contributed by atoms with Crippen molar-refractivity contribution in [3.05, 3.63) is 59.9 Å². The van der Waals surface area contributed by atoms with Gasteiger partial charge in [0.15, 0.2) is 0 Å². The summed E-state index contributed by atoms with van der Waals surface area (Å²) in [4.78, 5) is 12.4. The van der Waals surface area contributed by atoms with Gasteiger partial charge < -0.3 is 10.1 Å². The van der Waals surface area contributed by atoms with E-state index in [9.17, 15) is 17.6 Å². The van der Waals surface area contributed by atoms with Crippen LogP contribution in [0.1, 0.15) is 18.5 Å². The van der Waals surface area contributed by atoms with Crippen molar-refractivity contribution in [1.29, 1.82) is 0 Å². The number of methoxy groups -OCH3 is 1. The molecule has 1 unspecified atom stereocenters. The summed E-state index contributed by atoms with van der Waals surface area (Å²) >= 11 is 0. The summed E-state index contributed by atoms with van der Waals surface area (Å²) in [7, 11) is -2.32. The van der Waals surface area contributed by atoms with Crippen LogP contribution in [0.2, 0.25) is 0 Å². The first-order valence-corrected chi connectivity index (χ1v) is 9.73. The number of hydrogen-bond acceptors (Lipinski definition) is 4. The first kappa shape index (κ1) is 19.7. The van der Waals surface area contributed by atoms with Gasteiger partial charge in [-0.1, -0.05) is 30.3 Å². The molecule has 0 spiro atoms. The van der Waals surface area contributed by atoms with Gasteiger partial charge in [0.1, 0.15) is 18.1 Å². The second-order valence-corrected chi connectivity index (χ2v) is 7.66. The number of ether oxygens (including phenoxy) is 1. The molecule has 0 aliphatic carbocycles. The predicted octanol–water partition coefficient (Wildman–Crippen LogP) is 2.48. The monoisotopic (exact) mass is 380 g/mol. The SMILES string of the molecule is COc1ccccc1C(C)NC(=O)CN(c1ccccc1F)S(C)(=O)=O. The van der Waals surface area contributed by atoms with Crippen LogP contribution in [0.4, 0.5) is 10.1 Å². The maximum Gasteiger partial charge on any atom is 0.241 e. The summed E-state index contributed by atoms with van der Waals surface area (Å²) in [6.07, 6.45) is 0.927. The third kappa shape index (κ3) is 4.72. The molecule has 0 saturated carbocycles. The van der Waals surface area contributed by atoms with Crippen LogP contribution in [0.3, 0.4) is 0 Å². The van der Waals surface area contributed by atoms with Crippen molar-refractivity contribution in [2.24, 2.45) is 0 Å². The summed E-state index contributed by atoms with van der Waals surface area (Å²) in [6.45, 7) is 1.23. The number of hydrogen-bond donors (Lipinski definition) is 1. The van der Waals surface area contributed by atoms with Crippen molar-refractivity contribution in [2.45, 2.75) is 13.0 Å². The van der Waals surface area contributed by atoms with Crippen LogP contribution in [-0.2, 0) is 14.8 Å². The average Bonchev–Trinajstić information content (AvgIpc) is 2.59. The largest absolute Gasteiger partial charge is 0.496 e. The van der Waals surface area contributed by atoms with Gasteiger partial charge in [0.05, 0.1) is 25.1 Å².